The lowest BCUT2D eigenvalue weighted by Gasteiger charge is -2.16. The second-order valence-corrected chi connectivity index (χ2v) is 5.00. The Bertz CT molecular complexity index is 508. The molecule has 0 saturated heterocycles. The zero-order valence-corrected chi connectivity index (χ0v) is 11.5. The van der Waals surface area contributed by atoms with E-state index < -0.39 is 0 Å². The predicted octanol–water partition coefficient (Wildman–Crippen LogP) is 3.72. The van der Waals surface area contributed by atoms with Crippen LogP contribution in [0.5, 0.6) is 5.75 Å². The van der Waals surface area contributed by atoms with Gasteiger partial charge in [-0.25, -0.2) is 0 Å². The number of ether oxygens (including phenoxy) is 1. The van der Waals surface area contributed by atoms with E-state index in [1.54, 1.807) is 0 Å². The first-order chi connectivity index (χ1) is 9.15. The monoisotopic (exact) mass is 255 g/mol. The van der Waals surface area contributed by atoms with Crippen LogP contribution in [0.3, 0.4) is 0 Å². The first-order valence-electron chi connectivity index (χ1n) is 6.71. The highest BCUT2D eigenvalue weighted by atomic mass is 16.5. The quantitative estimate of drug-likeness (QED) is 0.883. The van der Waals surface area contributed by atoms with Crippen molar-refractivity contribution >= 4 is 0 Å². The molecule has 0 bridgehead atoms. The van der Waals surface area contributed by atoms with E-state index in [4.69, 9.17) is 10.5 Å². The summed E-state index contributed by atoms with van der Waals surface area (Å²) in [6, 6.07) is 18.6. The maximum atomic E-state index is 5.98. The molecule has 0 amide bonds. The van der Waals surface area contributed by atoms with Crippen molar-refractivity contribution < 1.29 is 4.74 Å². The van der Waals surface area contributed by atoms with Crippen LogP contribution in [0.4, 0.5) is 0 Å². The Hall–Kier alpha value is -1.80. The third kappa shape index (κ3) is 4.11. The van der Waals surface area contributed by atoms with Crippen LogP contribution >= 0.6 is 0 Å². The van der Waals surface area contributed by atoms with Crippen LogP contribution in [-0.2, 0) is 6.42 Å². The Balaban J connectivity index is 2.06. The van der Waals surface area contributed by atoms with Crippen molar-refractivity contribution in [1.82, 2.24) is 0 Å². The molecule has 0 aliphatic rings. The second-order valence-electron chi connectivity index (χ2n) is 5.00. The average molecular weight is 255 g/mol. The highest BCUT2D eigenvalue weighted by Crippen LogP contribution is 2.22. The summed E-state index contributed by atoms with van der Waals surface area (Å²) in [5, 5.41) is 0. The molecule has 0 saturated carbocycles. The minimum Gasteiger partial charge on any atom is -0.486 e. The molecule has 0 aromatic heterocycles. The molecule has 2 unspecified atom stereocenters. The zero-order chi connectivity index (χ0) is 13.7. The minimum atomic E-state index is 0.0479. The summed E-state index contributed by atoms with van der Waals surface area (Å²) in [5.41, 5.74) is 8.22. The fourth-order valence-corrected chi connectivity index (χ4v) is 2.11. The van der Waals surface area contributed by atoms with E-state index >= 15 is 0 Å². The van der Waals surface area contributed by atoms with Gasteiger partial charge in [0.2, 0.25) is 0 Å². The summed E-state index contributed by atoms with van der Waals surface area (Å²) >= 11 is 0. The van der Waals surface area contributed by atoms with Gasteiger partial charge in [0.05, 0.1) is 0 Å². The van der Waals surface area contributed by atoms with E-state index in [9.17, 15) is 0 Å². The summed E-state index contributed by atoms with van der Waals surface area (Å²) in [5.74, 6) is 0.898. The molecule has 0 heterocycles. The Morgan fingerprint density at radius 3 is 2.42 bits per heavy atom. The fourth-order valence-electron chi connectivity index (χ4n) is 2.11. The Morgan fingerprint density at radius 2 is 1.74 bits per heavy atom. The van der Waals surface area contributed by atoms with Gasteiger partial charge in [-0.05, 0) is 43.5 Å². The summed E-state index contributed by atoms with van der Waals surface area (Å²) < 4.78 is 5.98. The number of hydrogen-bond acceptors (Lipinski definition) is 2. The zero-order valence-electron chi connectivity index (χ0n) is 11.5. The third-order valence-electron chi connectivity index (χ3n) is 3.04. The number of rotatable bonds is 5. The first kappa shape index (κ1) is 13.6. The van der Waals surface area contributed by atoms with Gasteiger partial charge in [0.15, 0.2) is 0 Å². The van der Waals surface area contributed by atoms with Crippen molar-refractivity contribution in [3.63, 3.8) is 0 Å². The van der Waals surface area contributed by atoms with Crippen LogP contribution in [0, 0.1) is 0 Å². The standard InChI is InChI=1S/C17H21NO/c1-13(18)11-15-7-6-10-17(12-15)19-14(2)16-8-4-3-5-9-16/h3-10,12-14H,11,18H2,1-2H3. The van der Waals surface area contributed by atoms with Gasteiger partial charge in [-0.3, -0.25) is 0 Å². The Morgan fingerprint density at radius 1 is 1.00 bits per heavy atom. The molecule has 2 aromatic rings. The maximum Gasteiger partial charge on any atom is 0.121 e. The summed E-state index contributed by atoms with van der Waals surface area (Å²) in [7, 11) is 0. The molecule has 0 fully saturated rings. The second kappa shape index (κ2) is 6.39. The van der Waals surface area contributed by atoms with Gasteiger partial charge in [-0.2, -0.15) is 0 Å². The first-order valence-corrected chi connectivity index (χ1v) is 6.71. The maximum absolute atomic E-state index is 5.98. The molecule has 100 valence electrons. The van der Waals surface area contributed by atoms with Crippen LogP contribution in [0.15, 0.2) is 54.6 Å². The van der Waals surface area contributed by atoms with Crippen LogP contribution in [0.1, 0.15) is 31.1 Å². The molecule has 2 N–H and O–H groups in total. The van der Waals surface area contributed by atoms with Crippen molar-refractivity contribution in [3.8, 4) is 5.75 Å². The van der Waals surface area contributed by atoms with Crippen LogP contribution in [0.2, 0.25) is 0 Å². The van der Waals surface area contributed by atoms with Crippen molar-refractivity contribution in [1.29, 1.82) is 0 Å². The molecule has 2 rings (SSSR count). The summed E-state index contributed by atoms with van der Waals surface area (Å²) in [4.78, 5) is 0. The molecule has 0 spiro atoms. The van der Waals surface area contributed by atoms with Gasteiger partial charge in [0, 0.05) is 6.04 Å². The van der Waals surface area contributed by atoms with Crippen molar-refractivity contribution in [2.45, 2.75) is 32.4 Å². The van der Waals surface area contributed by atoms with E-state index in [0.29, 0.717) is 0 Å². The van der Waals surface area contributed by atoms with Crippen LogP contribution in [0.25, 0.3) is 0 Å². The van der Waals surface area contributed by atoms with Gasteiger partial charge >= 0.3 is 0 Å². The SMILES string of the molecule is CC(N)Cc1cccc(OC(C)c2ccccc2)c1. The molecule has 0 radical (unpaired) electrons. The van der Waals surface area contributed by atoms with E-state index in [1.165, 1.54) is 11.1 Å². The van der Waals surface area contributed by atoms with Crippen molar-refractivity contribution in [3.05, 3.63) is 65.7 Å². The molecular formula is C17H21NO. The number of benzene rings is 2. The molecule has 2 nitrogen and oxygen atoms in total. The van der Waals surface area contributed by atoms with Crippen molar-refractivity contribution in [2.24, 2.45) is 5.73 Å². The lowest BCUT2D eigenvalue weighted by Crippen LogP contribution is -2.17. The lowest BCUT2D eigenvalue weighted by molar-refractivity contribution is 0.226. The Kier molecular flexibility index (Phi) is 4.58. The third-order valence-corrected chi connectivity index (χ3v) is 3.04. The van der Waals surface area contributed by atoms with Gasteiger partial charge in [-0.1, -0.05) is 42.5 Å². The van der Waals surface area contributed by atoms with E-state index in [1.807, 2.05) is 37.3 Å². The molecule has 0 aliphatic carbocycles. The van der Waals surface area contributed by atoms with Gasteiger partial charge in [-0.15, -0.1) is 0 Å². The Labute approximate surface area is 115 Å². The molecule has 2 heteroatoms. The minimum absolute atomic E-state index is 0.0479. The normalized spacial score (nSPS) is 13.8. The largest absolute Gasteiger partial charge is 0.486 e. The van der Waals surface area contributed by atoms with Crippen molar-refractivity contribution in [2.75, 3.05) is 0 Å². The van der Waals surface area contributed by atoms with Crippen LogP contribution < -0.4 is 10.5 Å². The topological polar surface area (TPSA) is 35.2 Å². The predicted molar refractivity (Wildman–Crippen MR) is 79.3 cm³/mol. The van der Waals surface area contributed by atoms with E-state index in [2.05, 4.69) is 31.2 Å². The van der Waals surface area contributed by atoms with Gasteiger partial charge < -0.3 is 10.5 Å². The molecule has 0 aliphatic heterocycles. The van der Waals surface area contributed by atoms with Crippen LogP contribution in [-0.4, -0.2) is 6.04 Å². The number of nitrogens with two attached hydrogens (primary N) is 1. The number of hydrogen-bond donors (Lipinski definition) is 1. The fraction of sp³-hybridized carbons (Fsp3) is 0.294. The van der Waals surface area contributed by atoms with Gasteiger partial charge in [0.1, 0.15) is 11.9 Å². The van der Waals surface area contributed by atoms with Gasteiger partial charge in [0.25, 0.3) is 0 Å². The lowest BCUT2D eigenvalue weighted by atomic mass is 10.1. The highest BCUT2D eigenvalue weighted by molar-refractivity contribution is 5.30. The van der Waals surface area contributed by atoms with E-state index in [0.717, 1.165) is 12.2 Å². The molecule has 19 heavy (non-hydrogen) atoms. The molecule has 2 atom stereocenters. The summed E-state index contributed by atoms with van der Waals surface area (Å²) in [6.07, 6.45) is 0.920. The molecular weight excluding hydrogens is 234 g/mol. The molecule has 2 aromatic carbocycles. The smallest absolute Gasteiger partial charge is 0.121 e. The van der Waals surface area contributed by atoms with E-state index in [-0.39, 0.29) is 12.1 Å². The summed E-state index contributed by atoms with van der Waals surface area (Å²) in [6.45, 7) is 4.08. The average Bonchev–Trinajstić information content (AvgIpc) is 2.39. The highest BCUT2D eigenvalue weighted by Gasteiger charge is 2.07.